The first-order valence-corrected chi connectivity index (χ1v) is 8.74. The van der Waals surface area contributed by atoms with Crippen molar-refractivity contribution in [2.75, 3.05) is 6.54 Å². The van der Waals surface area contributed by atoms with Gasteiger partial charge in [0.2, 0.25) is 0 Å². The van der Waals surface area contributed by atoms with E-state index in [0.29, 0.717) is 12.0 Å². The summed E-state index contributed by atoms with van der Waals surface area (Å²) in [6, 6.07) is 11.4. The molecule has 0 saturated heterocycles. The Kier molecular flexibility index (Phi) is 5.42. The van der Waals surface area contributed by atoms with Gasteiger partial charge in [-0.05, 0) is 53.0 Å². The second kappa shape index (κ2) is 6.88. The van der Waals surface area contributed by atoms with E-state index < -0.39 is 0 Å². The molecule has 0 bridgehead atoms. The second-order valence-corrected chi connectivity index (χ2v) is 7.33. The average molecular weight is 352 g/mol. The topological polar surface area (TPSA) is 12.0 Å². The number of hydrogen-bond acceptors (Lipinski definition) is 2. The van der Waals surface area contributed by atoms with Crippen LogP contribution in [0.15, 0.2) is 34.8 Å². The highest BCUT2D eigenvalue weighted by Gasteiger charge is 2.17. The lowest BCUT2D eigenvalue weighted by atomic mass is 10.0. The number of rotatable bonds is 5. The Labute approximate surface area is 134 Å². The van der Waals surface area contributed by atoms with Crippen LogP contribution in [0.5, 0.6) is 0 Å². The van der Waals surface area contributed by atoms with Crippen LogP contribution in [0.25, 0.3) is 10.4 Å². The molecule has 0 spiro atoms. The van der Waals surface area contributed by atoms with E-state index in [-0.39, 0.29) is 0 Å². The molecule has 1 heterocycles. The minimum atomic E-state index is 0.447. The maximum Gasteiger partial charge on any atom is 0.0438 e. The van der Waals surface area contributed by atoms with E-state index in [0.717, 1.165) is 6.54 Å². The molecule has 0 amide bonds. The van der Waals surface area contributed by atoms with Gasteiger partial charge in [-0.25, -0.2) is 0 Å². The van der Waals surface area contributed by atoms with Crippen LogP contribution in [0.4, 0.5) is 0 Å². The number of hydrogen-bond donors (Lipinski definition) is 1. The van der Waals surface area contributed by atoms with Gasteiger partial charge in [0.05, 0.1) is 0 Å². The molecule has 1 N–H and O–H groups in total. The number of halogens is 1. The first kappa shape index (κ1) is 15.7. The highest BCUT2D eigenvalue weighted by molar-refractivity contribution is 9.10. The van der Waals surface area contributed by atoms with Crippen LogP contribution in [-0.2, 0) is 0 Å². The van der Waals surface area contributed by atoms with Crippen molar-refractivity contribution in [2.45, 2.75) is 33.7 Å². The van der Waals surface area contributed by atoms with Gasteiger partial charge in [0.1, 0.15) is 0 Å². The van der Waals surface area contributed by atoms with E-state index in [1.54, 1.807) is 0 Å². The number of thiophene rings is 1. The molecule has 20 heavy (non-hydrogen) atoms. The van der Waals surface area contributed by atoms with Crippen molar-refractivity contribution in [1.29, 1.82) is 0 Å². The van der Waals surface area contributed by atoms with Gasteiger partial charge in [-0.1, -0.05) is 39.0 Å². The van der Waals surface area contributed by atoms with Gasteiger partial charge in [-0.3, -0.25) is 0 Å². The lowest BCUT2D eigenvalue weighted by molar-refractivity contribution is 0.428. The maximum atomic E-state index is 3.71. The summed E-state index contributed by atoms with van der Waals surface area (Å²) < 4.78 is 1.21. The lowest BCUT2D eigenvalue weighted by Gasteiger charge is -2.20. The summed E-state index contributed by atoms with van der Waals surface area (Å²) >= 11 is 5.61. The van der Waals surface area contributed by atoms with Crippen LogP contribution < -0.4 is 5.32 Å². The number of nitrogens with one attached hydrogen (secondary N) is 1. The summed E-state index contributed by atoms with van der Waals surface area (Å²) in [5.74, 6) is 0.599. The van der Waals surface area contributed by atoms with Gasteiger partial charge in [-0.15, -0.1) is 11.3 Å². The average Bonchev–Trinajstić information content (AvgIpc) is 2.88. The number of aryl methyl sites for hydroxylation is 1. The predicted octanol–water partition coefficient (Wildman–Crippen LogP) is 5.79. The molecule has 3 heteroatoms. The van der Waals surface area contributed by atoms with Crippen molar-refractivity contribution in [3.8, 4) is 10.4 Å². The normalized spacial score (nSPS) is 12.9. The van der Waals surface area contributed by atoms with Crippen molar-refractivity contribution < 1.29 is 0 Å². The summed E-state index contributed by atoms with van der Waals surface area (Å²) in [5, 5.41) is 3.59. The van der Waals surface area contributed by atoms with Crippen molar-refractivity contribution >= 4 is 27.3 Å². The van der Waals surface area contributed by atoms with Gasteiger partial charge < -0.3 is 5.32 Å². The van der Waals surface area contributed by atoms with E-state index >= 15 is 0 Å². The molecule has 0 aliphatic carbocycles. The van der Waals surface area contributed by atoms with Crippen LogP contribution >= 0.6 is 27.3 Å². The largest absolute Gasteiger partial charge is 0.309 e. The maximum absolute atomic E-state index is 3.71. The van der Waals surface area contributed by atoms with E-state index in [2.05, 4.69) is 79.3 Å². The van der Waals surface area contributed by atoms with Crippen LogP contribution in [0, 0.1) is 12.8 Å². The molecule has 0 fully saturated rings. The summed E-state index contributed by atoms with van der Waals surface area (Å²) in [6.45, 7) is 9.85. The standard InChI is InChI=1S/C17H22BrNS/c1-5-19-17(11(2)3)15-10-9-14(20-15)13-8-6-7-12(4)16(13)18/h6-11,17,19H,5H2,1-4H3. The zero-order valence-electron chi connectivity index (χ0n) is 12.5. The Bertz CT molecular complexity index is 574. The van der Waals surface area contributed by atoms with Gasteiger partial charge in [-0.2, -0.15) is 0 Å². The number of benzene rings is 1. The fourth-order valence-corrected chi connectivity index (χ4v) is 4.28. The van der Waals surface area contributed by atoms with Crippen LogP contribution in [0.1, 0.15) is 37.3 Å². The Morgan fingerprint density at radius 2 is 1.95 bits per heavy atom. The molecule has 0 saturated carbocycles. The van der Waals surface area contributed by atoms with E-state index in [4.69, 9.17) is 0 Å². The molecule has 0 aliphatic heterocycles. The van der Waals surface area contributed by atoms with Crippen molar-refractivity contribution in [2.24, 2.45) is 5.92 Å². The van der Waals surface area contributed by atoms with E-state index in [9.17, 15) is 0 Å². The predicted molar refractivity (Wildman–Crippen MR) is 93.4 cm³/mol. The summed E-state index contributed by atoms with van der Waals surface area (Å²) in [6.07, 6.45) is 0. The lowest BCUT2D eigenvalue weighted by Crippen LogP contribution is -2.24. The first-order valence-electron chi connectivity index (χ1n) is 7.13. The van der Waals surface area contributed by atoms with Gasteiger partial charge in [0.25, 0.3) is 0 Å². The monoisotopic (exact) mass is 351 g/mol. The Hall–Kier alpha value is -0.640. The van der Waals surface area contributed by atoms with E-state index in [1.807, 2.05) is 11.3 Å². The van der Waals surface area contributed by atoms with Crippen LogP contribution in [0.2, 0.25) is 0 Å². The molecule has 108 valence electrons. The molecule has 1 nitrogen and oxygen atoms in total. The van der Waals surface area contributed by atoms with Gasteiger partial charge in [0, 0.05) is 25.8 Å². The zero-order chi connectivity index (χ0) is 14.7. The fraction of sp³-hybridized carbons (Fsp3) is 0.412. The molecule has 2 rings (SSSR count). The molecule has 1 aromatic carbocycles. The smallest absolute Gasteiger partial charge is 0.0438 e. The Balaban J connectivity index is 2.35. The molecular formula is C17H22BrNS. The Morgan fingerprint density at radius 1 is 1.20 bits per heavy atom. The third-order valence-corrected chi connectivity index (χ3v) is 5.74. The molecule has 1 aromatic heterocycles. The van der Waals surface area contributed by atoms with Gasteiger partial charge >= 0.3 is 0 Å². The van der Waals surface area contributed by atoms with Crippen molar-refractivity contribution in [3.63, 3.8) is 0 Å². The first-order chi connectivity index (χ1) is 9.54. The molecule has 2 aromatic rings. The van der Waals surface area contributed by atoms with Crippen molar-refractivity contribution in [1.82, 2.24) is 5.32 Å². The minimum Gasteiger partial charge on any atom is -0.309 e. The highest BCUT2D eigenvalue weighted by Crippen LogP contribution is 2.38. The molecule has 0 aliphatic rings. The van der Waals surface area contributed by atoms with Crippen LogP contribution in [-0.4, -0.2) is 6.54 Å². The molecular weight excluding hydrogens is 330 g/mol. The zero-order valence-corrected chi connectivity index (χ0v) is 14.9. The van der Waals surface area contributed by atoms with Crippen LogP contribution in [0.3, 0.4) is 0 Å². The third-order valence-electron chi connectivity index (χ3n) is 3.48. The van der Waals surface area contributed by atoms with E-state index in [1.165, 1.54) is 25.4 Å². The quantitative estimate of drug-likeness (QED) is 0.718. The molecule has 0 radical (unpaired) electrons. The summed E-state index contributed by atoms with van der Waals surface area (Å²) in [7, 11) is 0. The summed E-state index contributed by atoms with van der Waals surface area (Å²) in [4.78, 5) is 2.75. The fourth-order valence-electron chi connectivity index (χ4n) is 2.39. The van der Waals surface area contributed by atoms with Crippen molar-refractivity contribution in [3.05, 3.63) is 45.2 Å². The molecule has 1 unspecified atom stereocenters. The second-order valence-electron chi connectivity index (χ2n) is 5.42. The SMILES string of the molecule is CCNC(c1ccc(-c2cccc(C)c2Br)s1)C(C)C. The highest BCUT2D eigenvalue weighted by atomic mass is 79.9. The van der Waals surface area contributed by atoms with Gasteiger partial charge in [0.15, 0.2) is 0 Å². The molecule has 1 atom stereocenters. The Morgan fingerprint density at radius 3 is 2.60 bits per heavy atom. The summed E-state index contributed by atoms with van der Waals surface area (Å²) in [5.41, 5.74) is 2.57. The minimum absolute atomic E-state index is 0.447. The third kappa shape index (κ3) is 3.33.